The summed E-state index contributed by atoms with van der Waals surface area (Å²) >= 11 is 0. The minimum atomic E-state index is -1.84. The Morgan fingerprint density at radius 1 is 0.907 bits per heavy atom. The molecule has 2 amide bonds. The molecular formula is C42H44N2O10. The van der Waals surface area contributed by atoms with Crippen molar-refractivity contribution < 1.29 is 47.7 Å². The molecule has 3 aromatic carbocycles. The van der Waals surface area contributed by atoms with Crippen LogP contribution < -0.4 is 14.8 Å². The molecule has 1 aliphatic heterocycles. The summed E-state index contributed by atoms with van der Waals surface area (Å²) in [5, 5.41) is 12.5. The topological polar surface area (TPSA) is 162 Å². The first-order chi connectivity index (χ1) is 25.8. The van der Waals surface area contributed by atoms with Gasteiger partial charge in [-0.15, -0.1) is 0 Å². The molecule has 12 heteroatoms. The highest BCUT2D eigenvalue weighted by Gasteiger charge is 2.46. The Balaban J connectivity index is 1.33. The molecule has 54 heavy (non-hydrogen) atoms. The van der Waals surface area contributed by atoms with E-state index in [1.54, 1.807) is 63.2 Å². The number of hydrogen-bond acceptors (Lipinski definition) is 9. The normalized spacial score (nSPS) is 17.5. The molecule has 282 valence electrons. The van der Waals surface area contributed by atoms with E-state index in [-0.39, 0.29) is 37.4 Å². The molecule has 1 saturated carbocycles. The molecule has 2 N–H and O–H groups in total. The molecule has 2 heterocycles. The van der Waals surface area contributed by atoms with Crippen LogP contribution in [0.5, 0.6) is 11.5 Å². The number of hydrogen-bond donors (Lipinski definition) is 2. The second-order valence-corrected chi connectivity index (χ2v) is 14.8. The molecule has 0 saturated heterocycles. The average molecular weight is 737 g/mol. The van der Waals surface area contributed by atoms with Crippen LogP contribution in [0.15, 0.2) is 95.4 Å². The first-order valence-corrected chi connectivity index (χ1v) is 18.0. The summed E-state index contributed by atoms with van der Waals surface area (Å²) in [5.74, 6) is -5.67. The van der Waals surface area contributed by atoms with E-state index in [0.29, 0.717) is 22.9 Å². The first-order valence-electron chi connectivity index (χ1n) is 18.0. The van der Waals surface area contributed by atoms with Crippen LogP contribution in [-0.4, -0.2) is 64.5 Å². The van der Waals surface area contributed by atoms with Gasteiger partial charge in [-0.25, -0.2) is 0 Å². The zero-order chi connectivity index (χ0) is 38.6. The fraction of sp³-hybridized carbons (Fsp3) is 0.357. The zero-order valence-electron chi connectivity index (χ0n) is 30.7. The third-order valence-corrected chi connectivity index (χ3v) is 9.68. The number of ketones is 1. The lowest BCUT2D eigenvalue weighted by Gasteiger charge is -2.35. The van der Waals surface area contributed by atoms with Crippen molar-refractivity contribution in [3.63, 3.8) is 0 Å². The van der Waals surface area contributed by atoms with Crippen molar-refractivity contribution in [1.82, 2.24) is 4.90 Å². The number of benzene rings is 3. The number of carbonyl (C=O) groups excluding carboxylic acids is 4. The van der Waals surface area contributed by atoms with E-state index in [0.717, 1.165) is 17.5 Å². The van der Waals surface area contributed by atoms with E-state index in [2.05, 4.69) is 5.32 Å². The lowest BCUT2D eigenvalue weighted by atomic mass is 9.86. The number of esters is 1. The summed E-state index contributed by atoms with van der Waals surface area (Å²) in [6.07, 6.45) is 0.0739. The summed E-state index contributed by atoms with van der Waals surface area (Å²) in [6.45, 7) is 6.83. The molecule has 1 aliphatic carbocycles. The number of nitrogens with one attached hydrogen (secondary N) is 1. The first kappa shape index (κ1) is 37.8. The predicted molar refractivity (Wildman–Crippen MR) is 197 cm³/mol. The molecule has 0 spiro atoms. The van der Waals surface area contributed by atoms with Crippen LogP contribution in [0.3, 0.4) is 0 Å². The Bertz CT molecular complexity index is 2000. The standard InChI is InChI=1S/C42H44N2O10/c1-25(31(27-15-17-34-36(20-27)52-24-51-34)21-30-16-18-35(53-30)39(48)43-29-13-9-6-10-14-29)44(23-28-19-32(28)26-11-7-5-8-12-26)40(49)38(47)33(22-37(45)46)41(50)54-42(2,3)4/h5-18,20,25,28,31-33H,19,21-24H2,1-4H3,(H,43,48)(H,45,46)/t25?,28-,31?,32-,33?/m0/s1. The van der Waals surface area contributed by atoms with Gasteiger partial charge in [0.25, 0.3) is 11.8 Å². The Morgan fingerprint density at radius 2 is 1.59 bits per heavy atom. The number of ether oxygens (including phenoxy) is 3. The lowest BCUT2D eigenvalue weighted by Crippen LogP contribution is -2.50. The van der Waals surface area contributed by atoms with Crippen molar-refractivity contribution in [2.24, 2.45) is 11.8 Å². The zero-order valence-corrected chi connectivity index (χ0v) is 30.7. The minimum absolute atomic E-state index is 0.000326. The fourth-order valence-corrected chi connectivity index (χ4v) is 6.83. The molecule has 12 nitrogen and oxygen atoms in total. The van der Waals surface area contributed by atoms with E-state index in [4.69, 9.17) is 18.6 Å². The van der Waals surface area contributed by atoms with E-state index >= 15 is 0 Å². The van der Waals surface area contributed by atoms with E-state index in [1.165, 1.54) is 4.90 Å². The molecule has 1 aromatic heterocycles. The van der Waals surface area contributed by atoms with Gasteiger partial charge in [-0.3, -0.25) is 24.0 Å². The summed E-state index contributed by atoms with van der Waals surface area (Å²) in [4.78, 5) is 68.2. The number of amides is 2. The number of rotatable bonds is 15. The molecule has 4 aromatic rings. The fourth-order valence-electron chi connectivity index (χ4n) is 6.83. The van der Waals surface area contributed by atoms with Crippen LogP contribution in [0.1, 0.15) is 79.8 Å². The quantitative estimate of drug-likeness (QED) is 0.0772. The summed E-state index contributed by atoms with van der Waals surface area (Å²) in [6, 6.07) is 26.9. The van der Waals surface area contributed by atoms with Gasteiger partial charge in [0, 0.05) is 30.6 Å². The number of para-hydroxylation sites is 1. The Labute approximate surface area is 313 Å². The van der Waals surface area contributed by atoms with Crippen molar-refractivity contribution in [3.8, 4) is 11.5 Å². The van der Waals surface area contributed by atoms with Crippen molar-refractivity contribution in [2.45, 2.75) is 70.4 Å². The minimum Gasteiger partial charge on any atom is -0.481 e. The monoisotopic (exact) mass is 736 g/mol. The molecule has 0 bridgehead atoms. The Kier molecular flexibility index (Phi) is 11.2. The van der Waals surface area contributed by atoms with Gasteiger partial charge in [0.1, 0.15) is 17.3 Å². The maximum Gasteiger partial charge on any atom is 0.318 e. The maximum absolute atomic E-state index is 14.5. The van der Waals surface area contributed by atoms with Gasteiger partial charge in [-0.1, -0.05) is 54.6 Å². The molecule has 6 rings (SSSR count). The third kappa shape index (κ3) is 9.17. The van der Waals surface area contributed by atoms with Crippen LogP contribution in [0, 0.1) is 11.8 Å². The number of fused-ring (bicyclic) bond motifs is 1. The van der Waals surface area contributed by atoms with Crippen LogP contribution in [-0.2, 0) is 30.3 Å². The van der Waals surface area contributed by atoms with E-state index < -0.39 is 59.4 Å². The molecule has 3 unspecified atom stereocenters. The van der Waals surface area contributed by atoms with Gasteiger partial charge in [0.15, 0.2) is 17.3 Å². The molecule has 1 fully saturated rings. The number of Topliss-reactive ketones (excluding diaryl/α,β-unsaturated/α-hetero) is 1. The Hall–Kier alpha value is -5.91. The van der Waals surface area contributed by atoms with Crippen LogP contribution in [0.4, 0.5) is 5.69 Å². The van der Waals surface area contributed by atoms with Crippen molar-refractivity contribution in [2.75, 3.05) is 18.7 Å². The smallest absolute Gasteiger partial charge is 0.318 e. The van der Waals surface area contributed by atoms with Gasteiger partial charge in [0.2, 0.25) is 12.6 Å². The number of aliphatic carboxylic acids is 1. The highest BCUT2D eigenvalue weighted by molar-refractivity contribution is 6.40. The lowest BCUT2D eigenvalue weighted by molar-refractivity contribution is -0.168. The Morgan fingerprint density at radius 3 is 2.28 bits per heavy atom. The second-order valence-electron chi connectivity index (χ2n) is 14.8. The number of carboxylic acids is 1. The van der Waals surface area contributed by atoms with Crippen LogP contribution in [0.25, 0.3) is 0 Å². The van der Waals surface area contributed by atoms with Gasteiger partial charge in [0.05, 0.1) is 6.42 Å². The largest absolute Gasteiger partial charge is 0.481 e. The molecular weight excluding hydrogens is 692 g/mol. The second kappa shape index (κ2) is 16.0. The number of carboxylic acid groups (broad SMARTS) is 1. The van der Waals surface area contributed by atoms with Crippen molar-refractivity contribution in [3.05, 3.63) is 114 Å². The highest BCUT2D eigenvalue weighted by atomic mass is 16.7. The SMILES string of the molecule is CC(C(Cc1ccc(C(=O)Nc2ccccc2)o1)c1ccc2c(c1)OCO2)N(C[C@@H]1C[C@H]1c1ccccc1)C(=O)C(=O)C(CC(=O)O)C(=O)OC(C)(C)C. The van der Waals surface area contributed by atoms with Gasteiger partial charge < -0.3 is 34.0 Å². The summed E-state index contributed by atoms with van der Waals surface area (Å²) in [5.41, 5.74) is 1.43. The molecule has 0 radical (unpaired) electrons. The van der Waals surface area contributed by atoms with Crippen LogP contribution >= 0.6 is 0 Å². The number of anilines is 1. The average Bonchev–Trinajstić information content (AvgIpc) is 3.48. The summed E-state index contributed by atoms with van der Waals surface area (Å²) in [7, 11) is 0. The van der Waals surface area contributed by atoms with Crippen molar-refractivity contribution >= 4 is 35.2 Å². The van der Waals surface area contributed by atoms with Crippen molar-refractivity contribution in [1.29, 1.82) is 0 Å². The predicted octanol–water partition coefficient (Wildman–Crippen LogP) is 6.61. The number of carbonyl (C=O) groups is 5. The number of nitrogens with zero attached hydrogens (tertiary/aromatic N) is 1. The third-order valence-electron chi connectivity index (χ3n) is 9.68. The molecule has 5 atom stereocenters. The van der Waals surface area contributed by atoms with Gasteiger partial charge in [-0.2, -0.15) is 0 Å². The van der Waals surface area contributed by atoms with Gasteiger partial charge in [-0.05, 0) is 93.5 Å². The van der Waals surface area contributed by atoms with Gasteiger partial charge >= 0.3 is 11.9 Å². The number of furan rings is 1. The molecule has 2 aliphatic rings. The highest BCUT2D eigenvalue weighted by Crippen LogP contribution is 2.48. The maximum atomic E-state index is 14.5. The summed E-state index contributed by atoms with van der Waals surface area (Å²) < 4.78 is 22.7. The van der Waals surface area contributed by atoms with E-state index in [9.17, 15) is 29.1 Å². The van der Waals surface area contributed by atoms with E-state index in [1.807, 2.05) is 55.5 Å². The van der Waals surface area contributed by atoms with Crippen LogP contribution in [0.2, 0.25) is 0 Å².